The summed E-state index contributed by atoms with van der Waals surface area (Å²) in [4.78, 5) is 0. The second-order valence-corrected chi connectivity index (χ2v) is 4.78. The minimum Gasteiger partial charge on any atom is -0.497 e. The van der Waals surface area contributed by atoms with E-state index >= 15 is 0 Å². The highest BCUT2D eigenvalue weighted by Crippen LogP contribution is 2.20. The molecule has 0 fully saturated rings. The van der Waals surface area contributed by atoms with Crippen molar-refractivity contribution in [2.45, 2.75) is 18.9 Å². The molecule has 2 aromatic carbocycles. The second-order valence-electron chi connectivity index (χ2n) is 4.78. The van der Waals surface area contributed by atoms with E-state index in [0.29, 0.717) is 0 Å². The van der Waals surface area contributed by atoms with Gasteiger partial charge in [-0.3, -0.25) is 0 Å². The molecule has 0 aliphatic heterocycles. The van der Waals surface area contributed by atoms with Gasteiger partial charge in [0.15, 0.2) is 0 Å². The molecule has 0 radical (unpaired) electrons. The van der Waals surface area contributed by atoms with Gasteiger partial charge in [0.1, 0.15) is 11.6 Å². The van der Waals surface area contributed by atoms with Gasteiger partial charge in [0.25, 0.3) is 0 Å². The molecule has 0 aliphatic carbocycles. The van der Waals surface area contributed by atoms with Crippen LogP contribution in [0.15, 0.2) is 48.5 Å². The second kappa shape index (κ2) is 7.06. The number of halogens is 1. The van der Waals surface area contributed by atoms with Gasteiger partial charge in [-0.2, -0.15) is 0 Å². The van der Waals surface area contributed by atoms with Crippen molar-refractivity contribution in [3.63, 3.8) is 0 Å². The summed E-state index contributed by atoms with van der Waals surface area (Å²) in [5, 5.41) is 3.25. The van der Waals surface area contributed by atoms with Crippen molar-refractivity contribution in [2.24, 2.45) is 0 Å². The highest BCUT2D eigenvalue weighted by Gasteiger charge is 2.10. The molecule has 2 aromatic rings. The van der Waals surface area contributed by atoms with Crippen molar-refractivity contribution in [1.29, 1.82) is 0 Å². The van der Waals surface area contributed by atoms with Crippen LogP contribution in [0.25, 0.3) is 0 Å². The number of methoxy groups -OCH3 is 1. The van der Waals surface area contributed by atoms with Crippen molar-refractivity contribution < 1.29 is 9.13 Å². The number of aryl methyl sites for hydroxylation is 1. The smallest absolute Gasteiger partial charge is 0.123 e. The Morgan fingerprint density at radius 2 is 1.90 bits per heavy atom. The molecule has 0 spiro atoms. The van der Waals surface area contributed by atoms with Crippen LogP contribution in [0.5, 0.6) is 5.75 Å². The monoisotopic (exact) mass is 273 g/mol. The average Bonchev–Trinajstić information content (AvgIpc) is 2.48. The fourth-order valence-electron chi connectivity index (χ4n) is 2.30. The molecule has 0 saturated carbocycles. The summed E-state index contributed by atoms with van der Waals surface area (Å²) in [6.07, 6.45) is 1.86. The number of nitrogens with one attached hydrogen (secondary N) is 1. The Kier molecular flexibility index (Phi) is 5.13. The normalized spacial score (nSPS) is 12.2. The number of benzene rings is 2. The Hall–Kier alpha value is -1.87. The van der Waals surface area contributed by atoms with Crippen LogP contribution >= 0.6 is 0 Å². The third-order valence-electron chi connectivity index (χ3n) is 3.48. The van der Waals surface area contributed by atoms with E-state index < -0.39 is 0 Å². The lowest BCUT2D eigenvalue weighted by molar-refractivity contribution is 0.414. The molecule has 3 heteroatoms. The van der Waals surface area contributed by atoms with Gasteiger partial charge in [-0.05, 0) is 55.3 Å². The Labute approximate surface area is 119 Å². The third kappa shape index (κ3) is 3.81. The van der Waals surface area contributed by atoms with E-state index in [2.05, 4.69) is 17.4 Å². The molecule has 106 valence electrons. The van der Waals surface area contributed by atoms with Gasteiger partial charge in [0, 0.05) is 6.04 Å². The first-order valence-corrected chi connectivity index (χ1v) is 6.78. The van der Waals surface area contributed by atoms with E-state index in [4.69, 9.17) is 4.74 Å². The van der Waals surface area contributed by atoms with Gasteiger partial charge in [-0.25, -0.2) is 4.39 Å². The maximum absolute atomic E-state index is 13.3. The molecule has 0 bridgehead atoms. The van der Waals surface area contributed by atoms with Gasteiger partial charge in [0.2, 0.25) is 0 Å². The van der Waals surface area contributed by atoms with Gasteiger partial charge < -0.3 is 10.1 Å². The molecule has 0 saturated heterocycles. The molecular formula is C17H20FNO. The molecule has 0 aromatic heterocycles. The summed E-state index contributed by atoms with van der Waals surface area (Å²) < 4.78 is 18.4. The van der Waals surface area contributed by atoms with E-state index in [1.807, 2.05) is 25.2 Å². The predicted molar refractivity (Wildman–Crippen MR) is 79.5 cm³/mol. The van der Waals surface area contributed by atoms with Crippen molar-refractivity contribution in [3.8, 4) is 5.75 Å². The lowest BCUT2D eigenvalue weighted by Crippen LogP contribution is -2.17. The first-order chi connectivity index (χ1) is 9.72. The zero-order valence-corrected chi connectivity index (χ0v) is 11.9. The SMILES string of the molecule is CNC(CCc1ccc(OC)cc1)c1cccc(F)c1. The summed E-state index contributed by atoms with van der Waals surface area (Å²) in [6.45, 7) is 0. The summed E-state index contributed by atoms with van der Waals surface area (Å²) in [5.74, 6) is 0.677. The van der Waals surface area contributed by atoms with Crippen molar-refractivity contribution in [3.05, 3.63) is 65.5 Å². The zero-order valence-electron chi connectivity index (χ0n) is 11.9. The number of rotatable bonds is 6. The molecule has 2 rings (SSSR count). The highest BCUT2D eigenvalue weighted by atomic mass is 19.1. The van der Waals surface area contributed by atoms with Crippen LogP contribution < -0.4 is 10.1 Å². The van der Waals surface area contributed by atoms with Gasteiger partial charge in [-0.1, -0.05) is 24.3 Å². The molecule has 20 heavy (non-hydrogen) atoms. The van der Waals surface area contributed by atoms with Crippen LogP contribution in [-0.2, 0) is 6.42 Å². The van der Waals surface area contributed by atoms with Crippen molar-refractivity contribution >= 4 is 0 Å². The van der Waals surface area contributed by atoms with Crippen LogP contribution in [0.1, 0.15) is 23.6 Å². The number of hydrogen-bond donors (Lipinski definition) is 1. The first kappa shape index (κ1) is 14.5. The quantitative estimate of drug-likeness (QED) is 0.866. The van der Waals surface area contributed by atoms with Gasteiger partial charge in [0.05, 0.1) is 7.11 Å². The maximum Gasteiger partial charge on any atom is 0.123 e. The van der Waals surface area contributed by atoms with Gasteiger partial charge >= 0.3 is 0 Å². The van der Waals surface area contributed by atoms with Crippen LogP contribution in [0.2, 0.25) is 0 Å². The maximum atomic E-state index is 13.3. The van der Waals surface area contributed by atoms with Gasteiger partial charge in [-0.15, -0.1) is 0 Å². The largest absolute Gasteiger partial charge is 0.497 e. The lowest BCUT2D eigenvalue weighted by Gasteiger charge is -2.16. The first-order valence-electron chi connectivity index (χ1n) is 6.78. The minimum absolute atomic E-state index is 0.160. The Bertz CT molecular complexity index is 539. The molecular weight excluding hydrogens is 253 g/mol. The minimum atomic E-state index is -0.188. The van der Waals surface area contributed by atoms with E-state index in [1.165, 1.54) is 11.6 Å². The molecule has 2 nitrogen and oxygen atoms in total. The van der Waals surface area contributed by atoms with Crippen LogP contribution in [0.3, 0.4) is 0 Å². The van der Waals surface area contributed by atoms with Crippen LogP contribution in [-0.4, -0.2) is 14.2 Å². The molecule has 0 aliphatic rings. The standard InChI is InChI=1S/C17H20FNO/c1-19-17(14-4-3-5-15(18)12-14)11-8-13-6-9-16(20-2)10-7-13/h3-7,9-10,12,17,19H,8,11H2,1-2H3. The van der Waals surface area contributed by atoms with E-state index in [9.17, 15) is 4.39 Å². The molecule has 1 N–H and O–H groups in total. The summed E-state index contributed by atoms with van der Waals surface area (Å²) in [6, 6.07) is 15.0. The molecule has 0 amide bonds. The molecule has 1 atom stereocenters. The van der Waals surface area contributed by atoms with E-state index in [0.717, 1.165) is 24.2 Å². The Balaban J connectivity index is 1.99. The summed E-state index contributed by atoms with van der Waals surface area (Å²) in [5.41, 5.74) is 2.24. The van der Waals surface area contributed by atoms with Crippen LogP contribution in [0.4, 0.5) is 4.39 Å². The van der Waals surface area contributed by atoms with Crippen molar-refractivity contribution in [1.82, 2.24) is 5.32 Å². The van der Waals surface area contributed by atoms with E-state index in [-0.39, 0.29) is 11.9 Å². The lowest BCUT2D eigenvalue weighted by atomic mass is 9.99. The predicted octanol–water partition coefficient (Wildman–Crippen LogP) is 3.73. The molecule has 0 heterocycles. The van der Waals surface area contributed by atoms with Crippen molar-refractivity contribution in [2.75, 3.05) is 14.2 Å². The Morgan fingerprint density at radius 3 is 2.50 bits per heavy atom. The Morgan fingerprint density at radius 1 is 1.15 bits per heavy atom. The molecule has 1 unspecified atom stereocenters. The fraction of sp³-hybridized carbons (Fsp3) is 0.294. The zero-order chi connectivity index (χ0) is 14.4. The third-order valence-corrected chi connectivity index (χ3v) is 3.48. The average molecular weight is 273 g/mol. The number of hydrogen-bond acceptors (Lipinski definition) is 2. The summed E-state index contributed by atoms with van der Waals surface area (Å²) in [7, 11) is 3.57. The number of ether oxygens (including phenoxy) is 1. The summed E-state index contributed by atoms with van der Waals surface area (Å²) >= 11 is 0. The van der Waals surface area contributed by atoms with E-state index in [1.54, 1.807) is 19.2 Å². The topological polar surface area (TPSA) is 21.3 Å². The fourth-order valence-corrected chi connectivity index (χ4v) is 2.30. The highest BCUT2D eigenvalue weighted by molar-refractivity contribution is 5.27. The van der Waals surface area contributed by atoms with Crippen LogP contribution in [0, 0.1) is 5.82 Å².